The van der Waals surface area contributed by atoms with Crippen LogP contribution in [0, 0.1) is 12.8 Å². The van der Waals surface area contributed by atoms with Crippen LogP contribution in [0.2, 0.25) is 0 Å². The number of carbonyl (C=O) groups excluding carboxylic acids is 3. The van der Waals surface area contributed by atoms with E-state index in [1.54, 1.807) is 31.4 Å². The number of benzene rings is 3. The Morgan fingerprint density at radius 3 is 2.05 bits per heavy atom. The summed E-state index contributed by atoms with van der Waals surface area (Å²) < 4.78 is 5.27. The predicted molar refractivity (Wildman–Crippen MR) is 142 cm³/mol. The van der Waals surface area contributed by atoms with Gasteiger partial charge in [-0.25, -0.2) is 4.79 Å². The molecule has 1 aliphatic rings. The molecule has 3 aromatic carbocycles. The number of rotatable bonds is 7. The fourth-order valence-electron chi connectivity index (χ4n) is 5.25. The van der Waals surface area contributed by atoms with Crippen molar-refractivity contribution >= 4 is 17.7 Å². The van der Waals surface area contributed by atoms with Gasteiger partial charge in [-0.05, 0) is 56.2 Å². The highest BCUT2D eigenvalue weighted by atomic mass is 16.5. The monoisotopic (exact) mass is 499 g/mol. The number of aryl methyl sites for hydroxylation is 1. The van der Waals surface area contributed by atoms with Crippen LogP contribution < -0.4 is 15.8 Å². The summed E-state index contributed by atoms with van der Waals surface area (Å²) in [6, 6.07) is 21.6. The smallest absolute Gasteiger partial charge is 0.318 e. The molecule has 4 atom stereocenters. The number of hydrogen-bond acceptors (Lipinski definition) is 4. The Hall–Kier alpha value is -4.13. The summed E-state index contributed by atoms with van der Waals surface area (Å²) in [6.45, 7) is 5.67. The molecular weight excluding hydrogens is 466 g/mol. The van der Waals surface area contributed by atoms with Crippen molar-refractivity contribution in [3.05, 3.63) is 101 Å². The highest BCUT2D eigenvalue weighted by Crippen LogP contribution is 2.51. The quantitative estimate of drug-likeness (QED) is 0.463. The van der Waals surface area contributed by atoms with Gasteiger partial charge in [0, 0.05) is 17.5 Å². The molecule has 4 rings (SSSR count). The SMILES string of the molecule is COc1ccc(C(=O)C2C(c3ccccc3)C(C(N)=O)N(C(=O)NC(C)C)C2c2ccc(C)cc2)cc1. The normalized spacial score (nSPS) is 21.1. The molecule has 0 spiro atoms. The van der Waals surface area contributed by atoms with Gasteiger partial charge >= 0.3 is 6.03 Å². The van der Waals surface area contributed by atoms with Crippen molar-refractivity contribution in [3.8, 4) is 5.75 Å². The van der Waals surface area contributed by atoms with Gasteiger partial charge in [0.1, 0.15) is 11.8 Å². The number of hydrogen-bond donors (Lipinski definition) is 2. The molecule has 3 aromatic rings. The molecule has 7 nitrogen and oxygen atoms in total. The second-order valence-electron chi connectivity index (χ2n) is 9.77. The lowest BCUT2D eigenvalue weighted by molar-refractivity contribution is -0.122. The Balaban J connectivity index is 1.95. The van der Waals surface area contributed by atoms with Crippen LogP contribution >= 0.6 is 0 Å². The van der Waals surface area contributed by atoms with Crippen LogP contribution in [0.25, 0.3) is 0 Å². The summed E-state index contributed by atoms with van der Waals surface area (Å²) in [4.78, 5) is 42.5. The number of amides is 3. The average molecular weight is 500 g/mol. The van der Waals surface area contributed by atoms with E-state index in [2.05, 4.69) is 5.32 Å². The number of likely N-dealkylation sites (tertiary alicyclic amines) is 1. The van der Waals surface area contributed by atoms with E-state index in [-0.39, 0.29) is 11.8 Å². The first-order chi connectivity index (χ1) is 17.7. The van der Waals surface area contributed by atoms with Gasteiger partial charge in [0.25, 0.3) is 0 Å². The second kappa shape index (κ2) is 10.9. The van der Waals surface area contributed by atoms with E-state index in [0.717, 1.165) is 16.7 Å². The van der Waals surface area contributed by atoms with Gasteiger partial charge in [0.2, 0.25) is 5.91 Å². The maximum atomic E-state index is 14.3. The zero-order valence-corrected chi connectivity index (χ0v) is 21.5. The van der Waals surface area contributed by atoms with Gasteiger partial charge in [0.15, 0.2) is 5.78 Å². The third-order valence-electron chi connectivity index (χ3n) is 6.89. The fourth-order valence-corrected chi connectivity index (χ4v) is 5.25. The topological polar surface area (TPSA) is 102 Å². The zero-order valence-electron chi connectivity index (χ0n) is 21.5. The lowest BCUT2D eigenvalue weighted by atomic mass is 9.76. The van der Waals surface area contributed by atoms with Gasteiger partial charge in [0.05, 0.1) is 19.1 Å². The lowest BCUT2D eigenvalue weighted by Crippen LogP contribution is -2.51. The number of ether oxygens (including phenoxy) is 1. The summed E-state index contributed by atoms with van der Waals surface area (Å²) in [5, 5.41) is 2.92. The third kappa shape index (κ3) is 5.21. The van der Waals surface area contributed by atoms with E-state index in [9.17, 15) is 14.4 Å². The van der Waals surface area contributed by atoms with Crippen LogP contribution in [-0.4, -0.2) is 41.8 Å². The van der Waals surface area contributed by atoms with Crippen molar-refractivity contribution < 1.29 is 19.1 Å². The van der Waals surface area contributed by atoms with Gasteiger partial charge in [-0.15, -0.1) is 0 Å². The Labute approximate surface area is 217 Å². The molecule has 7 heteroatoms. The predicted octanol–water partition coefficient (Wildman–Crippen LogP) is 4.62. The molecule has 1 heterocycles. The standard InChI is InChI=1S/C30H33N3O4/c1-18(2)32-30(36)33-26(21-12-10-19(3)11-13-21)25(28(34)22-14-16-23(37-4)17-15-22)24(27(33)29(31)35)20-8-6-5-7-9-20/h5-18,24-27H,1-4H3,(H2,31,35)(H,32,36). The lowest BCUT2D eigenvalue weighted by Gasteiger charge is -2.31. The van der Waals surface area contributed by atoms with Crippen LogP contribution in [0.1, 0.15) is 52.9 Å². The number of nitrogens with zero attached hydrogens (tertiary/aromatic N) is 1. The molecule has 1 saturated heterocycles. The zero-order chi connectivity index (χ0) is 26.7. The molecule has 0 aromatic heterocycles. The van der Waals surface area contributed by atoms with E-state index in [4.69, 9.17) is 10.5 Å². The molecule has 0 radical (unpaired) electrons. The van der Waals surface area contributed by atoms with Gasteiger partial charge in [-0.2, -0.15) is 0 Å². The van der Waals surface area contributed by atoms with Crippen molar-refractivity contribution in [2.24, 2.45) is 11.7 Å². The number of urea groups is 1. The fraction of sp³-hybridized carbons (Fsp3) is 0.300. The summed E-state index contributed by atoms with van der Waals surface area (Å²) in [5.41, 5.74) is 9.05. The number of nitrogens with one attached hydrogen (secondary N) is 1. The van der Waals surface area contributed by atoms with Crippen molar-refractivity contribution in [3.63, 3.8) is 0 Å². The summed E-state index contributed by atoms with van der Waals surface area (Å²) in [7, 11) is 1.56. The second-order valence-corrected chi connectivity index (χ2v) is 9.77. The Morgan fingerprint density at radius 1 is 0.892 bits per heavy atom. The van der Waals surface area contributed by atoms with Crippen LogP contribution in [0.5, 0.6) is 5.75 Å². The first-order valence-electron chi connectivity index (χ1n) is 12.4. The van der Waals surface area contributed by atoms with Crippen molar-refractivity contribution in [1.29, 1.82) is 0 Å². The van der Waals surface area contributed by atoms with E-state index < -0.39 is 35.9 Å². The van der Waals surface area contributed by atoms with E-state index in [0.29, 0.717) is 11.3 Å². The molecule has 1 fully saturated rings. The van der Waals surface area contributed by atoms with Gasteiger partial charge in [-0.1, -0.05) is 60.2 Å². The Morgan fingerprint density at radius 2 is 1.51 bits per heavy atom. The van der Waals surface area contributed by atoms with Gasteiger partial charge < -0.3 is 20.7 Å². The van der Waals surface area contributed by atoms with E-state index >= 15 is 0 Å². The molecule has 0 aliphatic carbocycles. The molecule has 0 saturated carbocycles. The number of methoxy groups -OCH3 is 1. The van der Waals surface area contributed by atoms with E-state index in [1.165, 1.54) is 4.90 Å². The molecule has 3 amide bonds. The molecule has 192 valence electrons. The van der Waals surface area contributed by atoms with Crippen molar-refractivity contribution in [2.45, 2.75) is 44.8 Å². The number of carbonyl (C=O) groups is 3. The molecule has 4 unspecified atom stereocenters. The molecule has 37 heavy (non-hydrogen) atoms. The van der Waals surface area contributed by atoms with Crippen molar-refractivity contribution in [1.82, 2.24) is 10.2 Å². The van der Waals surface area contributed by atoms with Crippen LogP contribution in [-0.2, 0) is 4.79 Å². The highest BCUT2D eigenvalue weighted by Gasteiger charge is 2.57. The maximum absolute atomic E-state index is 14.3. The minimum Gasteiger partial charge on any atom is -0.497 e. The van der Waals surface area contributed by atoms with Crippen LogP contribution in [0.4, 0.5) is 4.79 Å². The Kier molecular flexibility index (Phi) is 7.62. The molecule has 1 aliphatic heterocycles. The number of nitrogens with two attached hydrogens (primary N) is 1. The Bertz CT molecular complexity index is 1260. The molecule has 3 N–H and O–H groups in total. The molecule has 0 bridgehead atoms. The van der Waals surface area contributed by atoms with Crippen LogP contribution in [0.15, 0.2) is 78.9 Å². The largest absolute Gasteiger partial charge is 0.497 e. The van der Waals surface area contributed by atoms with Gasteiger partial charge in [-0.3, -0.25) is 9.59 Å². The third-order valence-corrected chi connectivity index (χ3v) is 6.89. The van der Waals surface area contributed by atoms with Crippen LogP contribution in [0.3, 0.4) is 0 Å². The number of primary amides is 1. The number of Topliss-reactive ketones (excluding diaryl/α,β-unsaturated/α-hetero) is 1. The minimum atomic E-state index is -1.03. The molecular formula is C30H33N3O4. The van der Waals surface area contributed by atoms with E-state index in [1.807, 2.05) is 75.4 Å². The summed E-state index contributed by atoms with van der Waals surface area (Å²) in [6.07, 6.45) is 0. The maximum Gasteiger partial charge on any atom is 0.318 e. The average Bonchev–Trinajstić information content (AvgIpc) is 3.25. The first kappa shape index (κ1) is 25.9. The number of ketones is 1. The summed E-state index contributed by atoms with van der Waals surface area (Å²) in [5.74, 6) is -1.60. The summed E-state index contributed by atoms with van der Waals surface area (Å²) >= 11 is 0. The first-order valence-corrected chi connectivity index (χ1v) is 12.4. The minimum absolute atomic E-state index is 0.173. The highest BCUT2D eigenvalue weighted by molar-refractivity contribution is 6.01. The van der Waals surface area contributed by atoms with Crippen molar-refractivity contribution in [2.75, 3.05) is 7.11 Å².